The van der Waals surface area contributed by atoms with E-state index in [9.17, 15) is 14.7 Å². The summed E-state index contributed by atoms with van der Waals surface area (Å²) < 4.78 is 4.62. The molecule has 6 nitrogen and oxygen atoms in total. The predicted molar refractivity (Wildman–Crippen MR) is 68.0 cm³/mol. The van der Waals surface area contributed by atoms with E-state index in [1.807, 2.05) is 0 Å². The highest BCUT2D eigenvalue weighted by Crippen LogP contribution is 2.41. The molecule has 1 fully saturated rings. The Morgan fingerprint density at radius 1 is 1.53 bits per heavy atom. The Labute approximate surface area is 110 Å². The van der Waals surface area contributed by atoms with Crippen molar-refractivity contribution in [2.45, 2.75) is 19.3 Å². The van der Waals surface area contributed by atoms with Crippen LogP contribution in [0.3, 0.4) is 0 Å². The van der Waals surface area contributed by atoms with Crippen LogP contribution in [0.15, 0.2) is 18.3 Å². The van der Waals surface area contributed by atoms with Crippen molar-refractivity contribution in [1.82, 2.24) is 4.98 Å². The van der Waals surface area contributed by atoms with Gasteiger partial charge in [-0.2, -0.15) is 0 Å². The van der Waals surface area contributed by atoms with E-state index in [0.717, 1.165) is 6.42 Å². The van der Waals surface area contributed by atoms with Crippen molar-refractivity contribution < 1.29 is 19.4 Å². The molecule has 0 atom stereocenters. The first-order chi connectivity index (χ1) is 9.07. The molecule has 1 aliphatic rings. The predicted octanol–water partition coefficient (Wildman–Crippen LogP) is 1.53. The van der Waals surface area contributed by atoms with Gasteiger partial charge < -0.3 is 15.2 Å². The van der Waals surface area contributed by atoms with Gasteiger partial charge >= 0.3 is 11.9 Å². The molecule has 0 unspecified atom stereocenters. The number of methoxy groups -OCH3 is 1. The van der Waals surface area contributed by atoms with Crippen molar-refractivity contribution in [3.05, 3.63) is 23.9 Å². The summed E-state index contributed by atoms with van der Waals surface area (Å²) in [6.07, 6.45) is 3.77. The maximum atomic E-state index is 11.4. The zero-order valence-corrected chi connectivity index (χ0v) is 10.7. The molecule has 1 aromatic heterocycles. The zero-order valence-electron chi connectivity index (χ0n) is 10.7. The summed E-state index contributed by atoms with van der Waals surface area (Å²) in [5, 5.41) is 12.2. The molecule has 0 spiro atoms. The summed E-state index contributed by atoms with van der Waals surface area (Å²) in [6.45, 7) is 0.319. The van der Waals surface area contributed by atoms with Crippen LogP contribution in [0.2, 0.25) is 0 Å². The molecule has 1 aromatic rings. The molecule has 0 bridgehead atoms. The van der Waals surface area contributed by atoms with E-state index in [-0.39, 0.29) is 0 Å². The quantitative estimate of drug-likeness (QED) is 0.784. The van der Waals surface area contributed by atoms with E-state index in [0.29, 0.717) is 30.8 Å². The van der Waals surface area contributed by atoms with Crippen molar-refractivity contribution in [3.8, 4) is 0 Å². The van der Waals surface area contributed by atoms with Gasteiger partial charge in [0.15, 0.2) is 0 Å². The number of aliphatic carboxylic acids is 1. The highest BCUT2D eigenvalue weighted by molar-refractivity contribution is 5.90. The van der Waals surface area contributed by atoms with Crippen molar-refractivity contribution in [2.75, 3.05) is 19.0 Å². The molecule has 6 heteroatoms. The van der Waals surface area contributed by atoms with Gasteiger partial charge in [0, 0.05) is 12.7 Å². The second-order valence-corrected chi connectivity index (χ2v) is 4.71. The smallest absolute Gasteiger partial charge is 0.338 e. The number of hydrogen-bond acceptors (Lipinski definition) is 5. The van der Waals surface area contributed by atoms with Crippen molar-refractivity contribution >= 4 is 17.8 Å². The lowest BCUT2D eigenvalue weighted by atomic mass is 9.69. The molecule has 0 aromatic carbocycles. The Balaban J connectivity index is 2.03. The number of carbonyl (C=O) groups is 2. The Morgan fingerprint density at radius 2 is 2.26 bits per heavy atom. The number of rotatable bonds is 5. The third kappa shape index (κ3) is 2.67. The summed E-state index contributed by atoms with van der Waals surface area (Å²) in [4.78, 5) is 26.6. The number of carboxylic acids is 1. The normalized spacial score (nSPS) is 16.3. The first-order valence-corrected chi connectivity index (χ1v) is 6.09. The number of hydrogen-bond donors (Lipinski definition) is 2. The lowest BCUT2D eigenvalue weighted by Gasteiger charge is -2.37. The molecule has 0 aliphatic heterocycles. The molecule has 0 radical (unpaired) electrons. The van der Waals surface area contributed by atoms with Crippen molar-refractivity contribution in [2.24, 2.45) is 5.41 Å². The van der Waals surface area contributed by atoms with Crippen molar-refractivity contribution in [1.29, 1.82) is 0 Å². The second-order valence-electron chi connectivity index (χ2n) is 4.71. The minimum atomic E-state index is -0.782. The third-order valence-electron chi connectivity index (χ3n) is 3.55. The highest BCUT2D eigenvalue weighted by Gasteiger charge is 2.44. The molecule has 1 heterocycles. The van der Waals surface area contributed by atoms with Crippen LogP contribution in [0.1, 0.15) is 29.6 Å². The lowest BCUT2D eigenvalue weighted by molar-refractivity contribution is -0.153. The van der Waals surface area contributed by atoms with E-state index >= 15 is 0 Å². The first-order valence-electron chi connectivity index (χ1n) is 6.09. The maximum Gasteiger partial charge on any atom is 0.338 e. The SMILES string of the molecule is COC(=O)c1ccnc(NCC2(C(=O)O)CCC2)c1. The molecule has 0 amide bonds. The van der Waals surface area contributed by atoms with Gasteiger partial charge in [-0.15, -0.1) is 0 Å². The Morgan fingerprint density at radius 3 is 2.79 bits per heavy atom. The molecule has 0 saturated heterocycles. The fraction of sp³-hybridized carbons (Fsp3) is 0.462. The molecule has 2 rings (SSSR count). The number of anilines is 1. The third-order valence-corrected chi connectivity index (χ3v) is 3.55. The van der Waals surface area contributed by atoms with Gasteiger partial charge in [0.2, 0.25) is 0 Å². The Hall–Kier alpha value is -2.11. The molecule has 1 saturated carbocycles. The van der Waals surface area contributed by atoms with Gasteiger partial charge in [-0.25, -0.2) is 9.78 Å². The molecular formula is C13H16N2O4. The van der Waals surface area contributed by atoms with Crippen molar-refractivity contribution in [3.63, 3.8) is 0 Å². The lowest BCUT2D eigenvalue weighted by Crippen LogP contribution is -2.43. The van der Waals surface area contributed by atoms with Crippen LogP contribution in [0.25, 0.3) is 0 Å². The van der Waals surface area contributed by atoms with Crippen LogP contribution in [0, 0.1) is 5.41 Å². The van der Waals surface area contributed by atoms with E-state index in [4.69, 9.17) is 0 Å². The number of carbonyl (C=O) groups excluding carboxylic acids is 1. The highest BCUT2D eigenvalue weighted by atomic mass is 16.5. The van der Waals surface area contributed by atoms with Gasteiger partial charge in [0.05, 0.1) is 18.1 Å². The van der Waals surface area contributed by atoms with E-state index in [1.165, 1.54) is 13.3 Å². The fourth-order valence-corrected chi connectivity index (χ4v) is 2.10. The number of esters is 1. The average molecular weight is 264 g/mol. The average Bonchev–Trinajstić information content (AvgIpc) is 2.36. The number of aromatic nitrogens is 1. The topological polar surface area (TPSA) is 88.5 Å². The second kappa shape index (κ2) is 5.26. The summed E-state index contributed by atoms with van der Waals surface area (Å²) >= 11 is 0. The number of nitrogens with zero attached hydrogens (tertiary/aromatic N) is 1. The van der Waals surface area contributed by atoms with Gasteiger partial charge in [0.1, 0.15) is 5.82 Å². The van der Waals surface area contributed by atoms with Gasteiger partial charge in [0.25, 0.3) is 0 Å². The maximum absolute atomic E-state index is 11.4. The molecule has 1 aliphatic carbocycles. The van der Waals surface area contributed by atoms with Crippen LogP contribution < -0.4 is 5.32 Å². The van der Waals surface area contributed by atoms with Gasteiger partial charge in [-0.1, -0.05) is 6.42 Å². The van der Waals surface area contributed by atoms with Crippen LogP contribution in [-0.4, -0.2) is 35.7 Å². The van der Waals surface area contributed by atoms with Crippen LogP contribution in [0.4, 0.5) is 5.82 Å². The summed E-state index contributed by atoms with van der Waals surface area (Å²) in [5.41, 5.74) is -0.304. The molecular weight excluding hydrogens is 248 g/mol. The zero-order chi connectivity index (χ0) is 13.9. The van der Waals surface area contributed by atoms with E-state index in [1.54, 1.807) is 12.1 Å². The number of nitrogens with one attached hydrogen (secondary N) is 1. The summed E-state index contributed by atoms with van der Waals surface area (Å²) in [7, 11) is 1.31. The largest absolute Gasteiger partial charge is 0.481 e. The van der Waals surface area contributed by atoms with E-state index in [2.05, 4.69) is 15.0 Å². The summed E-state index contributed by atoms with van der Waals surface area (Å²) in [5.74, 6) is -0.743. The van der Waals surface area contributed by atoms with Crippen LogP contribution >= 0.6 is 0 Å². The Bertz CT molecular complexity index is 497. The number of carboxylic acid groups (broad SMARTS) is 1. The minimum absolute atomic E-state index is 0.319. The molecule has 102 valence electrons. The minimum Gasteiger partial charge on any atom is -0.481 e. The molecule has 2 N–H and O–H groups in total. The standard InChI is InChI=1S/C13H16N2O4/c1-19-11(16)9-3-6-14-10(7-9)15-8-13(12(17)18)4-2-5-13/h3,6-7H,2,4-5,8H2,1H3,(H,14,15)(H,17,18). The number of ether oxygens (including phenoxy) is 1. The summed E-state index contributed by atoms with van der Waals surface area (Å²) in [6, 6.07) is 3.10. The van der Waals surface area contributed by atoms with Crippen LogP contribution in [-0.2, 0) is 9.53 Å². The molecule has 19 heavy (non-hydrogen) atoms. The van der Waals surface area contributed by atoms with Crippen LogP contribution in [0.5, 0.6) is 0 Å². The van der Waals surface area contributed by atoms with E-state index < -0.39 is 17.4 Å². The van der Waals surface area contributed by atoms with Gasteiger partial charge in [-0.05, 0) is 25.0 Å². The first kappa shape index (κ1) is 13.3. The number of pyridine rings is 1. The van der Waals surface area contributed by atoms with Gasteiger partial charge in [-0.3, -0.25) is 4.79 Å². The fourth-order valence-electron chi connectivity index (χ4n) is 2.10. The monoisotopic (exact) mass is 264 g/mol. The Kier molecular flexibility index (Phi) is 3.69.